The molecule has 0 aliphatic rings. The Morgan fingerprint density at radius 1 is 1.10 bits per heavy atom. The van der Waals surface area contributed by atoms with Crippen molar-refractivity contribution in [2.45, 2.75) is 38.7 Å². The van der Waals surface area contributed by atoms with Crippen LogP contribution in [-0.4, -0.2) is 37.8 Å². The molecule has 1 heterocycles. The molecule has 0 saturated heterocycles. The smallest absolute Gasteiger partial charge is 0.265 e. The molecule has 0 radical (unpaired) electrons. The van der Waals surface area contributed by atoms with Crippen molar-refractivity contribution >= 4 is 43.0 Å². The maximum atomic E-state index is 12.9. The first kappa shape index (κ1) is 22.3. The molecule has 0 bridgehead atoms. The summed E-state index contributed by atoms with van der Waals surface area (Å²) in [5.41, 5.74) is 0.333. The summed E-state index contributed by atoms with van der Waals surface area (Å²) in [6.07, 6.45) is -0.129. The molecule has 6 nitrogen and oxygen atoms in total. The summed E-state index contributed by atoms with van der Waals surface area (Å²) in [4.78, 5) is 13.6. The number of nitrogens with zero attached hydrogens (tertiary/aromatic N) is 1. The molecule has 8 heteroatoms. The molecular formula is C22H26N2O4S2. The van der Waals surface area contributed by atoms with Crippen molar-refractivity contribution in [1.29, 1.82) is 0 Å². The maximum Gasteiger partial charge on any atom is 0.265 e. The van der Waals surface area contributed by atoms with Gasteiger partial charge in [0.2, 0.25) is 10.0 Å². The van der Waals surface area contributed by atoms with Crippen molar-refractivity contribution < 1.29 is 17.9 Å². The van der Waals surface area contributed by atoms with Crippen LogP contribution in [0.5, 0.6) is 5.75 Å². The van der Waals surface area contributed by atoms with Crippen molar-refractivity contribution in [3.8, 4) is 5.75 Å². The number of ether oxygens (including phenoxy) is 1. The highest BCUT2D eigenvalue weighted by molar-refractivity contribution is 7.89. The van der Waals surface area contributed by atoms with Crippen LogP contribution in [0.2, 0.25) is 0 Å². The van der Waals surface area contributed by atoms with Gasteiger partial charge in [-0.05, 0) is 49.6 Å². The number of carbonyl (C=O) groups is 1. The molecule has 3 rings (SSSR count). The summed E-state index contributed by atoms with van der Waals surface area (Å²) in [5.74, 6) is 0.125. The van der Waals surface area contributed by atoms with E-state index in [0.29, 0.717) is 29.4 Å². The minimum Gasteiger partial charge on any atom is -0.489 e. The lowest BCUT2D eigenvalue weighted by Gasteiger charge is -2.20. The number of thiophene rings is 1. The number of benzene rings is 2. The Bertz CT molecular complexity index is 1120. The van der Waals surface area contributed by atoms with Crippen LogP contribution in [0.3, 0.4) is 0 Å². The monoisotopic (exact) mass is 446 g/mol. The second kappa shape index (κ2) is 9.16. The molecule has 0 unspecified atom stereocenters. The van der Waals surface area contributed by atoms with E-state index in [9.17, 15) is 13.2 Å². The Morgan fingerprint density at radius 2 is 1.80 bits per heavy atom. The third kappa shape index (κ3) is 4.66. The largest absolute Gasteiger partial charge is 0.489 e. The minimum absolute atomic E-state index is 0.119. The first-order valence-corrected chi connectivity index (χ1v) is 12.1. The van der Waals surface area contributed by atoms with Crippen LogP contribution in [0.25, 0.3) is 10.1 Å². The zero-order valence-corrected chi connectivity index (χ0v) is 19.1. The van der Waals surface area contributed by atoms with Crippen molar-refractivity contribution in [2.75, 3.05) is 18.4 Å². The predicted octanol–water partition coefficient (Wildman–Crippen LogP) is 4.97. The summed E-state index contributed by atoms with van der Waals surface area (Å²) in [5, 5.41) is 3.83. The summed E-state index contributed by atoms with van der Waals surface area (Å²) in [6.45, 7) is 8.07. The third-order valence-corrected chi connectivity index (χ3v) is 7.72. The van der Waals surface area contributed by atoms with Gasteiger partial charge in [0.05, 0.1) is 21.6 Å². The van der Waals surface area contributed by atoms with Gasteiger partial charge in [0.15, 0.2) is 0 Å². The van der Waals surface area contributed by atoms with Gasteiger partial charge in [-0.15, -0.1) is 11.3 Å². The van der Waals surface area contributed by atoms with E-state index in [0.717, 1.165) is 10.1 Å². The highest BCUT2D eigenvalue weighted by atomic mass is 32.2. The molecule has 1 aromatic heterocycles. The van der Waals surface area contributed by atoms with Crippen molar-refractivity contribution in [3.05, 3.63) is 53.4 Å². The fraction of sp³-hybridized carbons (Fsp3) is 0.318. The van der Waals surface area contributed by atoms with Gasteiger partial charge in [-0.25, -0.2) is 8.42 Å². The molecule has 3 aromatic rings. The molecule has 0 fully saturated rings. The fourth-order valence-corrected chi connectivity index (χ4v) is 5.56. The molecule has 2 aromatic carbocycles. The first-order valence-electron chi connectivity index (χ1n) is 9.87. The van der Waals surface area contributed by atoms with E-state index >= 15 is 0 Å². The maximum absolute atomic E-state index is 12.9. The normalized spacial score (nSPS) is 11.9. The van der Waals surface area contributed by atoms with Crippen LogP contribution in [0.1, 0.15) is 37.4 Å². The molecule has 0 spiro atoms. The second-order valence-electron chi connectivity index (χ2n) is 7.02. The van der Waals surface area contributed by atoms with Crippen LogP contribution < -0.4 is 10.1 Å². The molecule has 0 aliphatic heterocycles. The first-order chi connectivity index (χ1) is 14.3. The zero-order chi connectivity index (χ0) is 21.9. The van der Waals surface area contributed by atoms with E-state index in [1.165, 1.54) is 27.8 Å². The number of rotatable bonds is 8. The van der Waals surface area contributed by atoms with Gasteiger partial charge in [0, 0.05) is 17.8 Å². The summed E-state index contributed by atoms with van der Waals surface area (Å²) in [7, 11) is -3.66. The van der Waals surface area contributed by atoms with Crippen molar-refractivity contribution in [2.24, 2.45) is 0 Å². The van der Waals surface area contributed by atoms with Crippen LogP contribution in [0, 0.1) is 0 Å². The number of nitrogens with one attached hydrogen (secondary N) is 1. The molecule has 1 amide bonds. The average Bonchev–Trinajstić information content (AvgIpc) is 3.14. The van der Waals surface area contributed by atoms with Crippen LogP contribution >= 0.6 is 11.3 Å². The van der Waals surface area contributed by atoms with Gasteiger partial charge in [-0.3, -0.25) is 4.79 Å². The van der Waals surface area contributed by atoms with Gasteiger partial charge in [0.25, 0.3) is 5.91 Å². The molecule has 30 heavy (non-hydrogen) atoms. The highest BCUT2D eigenvalue weighted by Gasteiger charge is 2.24. The van der Waals surface area contributed by atoms with E-state index < -0.39 is 10.0 Å². The molecule has 0 aliphatic carbocycles. The number of carbonyl (C=O) groups excluding carboxylic acids is 1. The lowest BCUT2D eigenvalue weighted by atomic mass is 10.2. The topological polar surface area (TPSA) is 75.7 Å². The highest BCUT2D eigenvalue weighted by Crippen LogP contribution is 2.32. The lowest BCUT2D eigenvalue weighted by molar-refractivity contribution is 0.102. The second-order valence-corrected chi connectivity index (χ2v) is 10.0. The third-order valence-electron chi connectivity index (χ3n) is 4.55. The van der Waals surface area contributed by atoms with Gasteiger partial charge in [0.1, 0.15) is 5.75 Å². The van der Waals surface area contributed by atoms with E-state index in [1.54, 1.807) is 19.9 Å². The van der Waals surface area contributed by atoms with Gasteiger partial charge >= 0.3 is 0 Å². The number of sulfonamides is 1. The Labute approximate surface area is 181 Å². The van der Waals surface area contributed by atoms with Crippen molar-refractivity contribution in [1.82, 2.24) is 4.31 Å². The van der Waals surface area contributed by atoms with E-state index in [2.05, 4.69) is 5.32 Å². The summed E-state index contributed by atoms with van der Waals surface area (Å²) in [6, 6.07) is 14.2. The number of amides is 1. The van der Waals surface area contributed by atoms with Gasteiger partial charge in [-0.1, -0.05) is 32.0 Å². The molecule has 160 valence electrons. The van der Waals surface area contributed by atoms with Crippen LogP contribution in [0.15, 0.2) is 53.4 Å². The SMILES string of the molecule is CCN(CC)S(=O)(=O)c1ccc(OC(C)C)c(NC(=O)c2cc3ccccc3s2)c1. The zero-order valence-electron chi connectivity index (χ0n) is 17.5. The Balaban J connectivity index is 1.98. The van der Waals surface area contributed by atoms with Crippen LogP contribution in [0.4, 0.5) is 5.69 Å². The molecule has 0 atom stereocenters. The predicted molar refractivity (Wildman–Crippen MR) is 122 cm³/mol. The molecule has 1 N–H and O–H groups in total. The van der Waals surface area contributed by atoms with Crippen molar-refractivity contribution in [3.63, 3.8) is 0 Å². The number of hydrogen-bond acceptors (Lipinski definition) is 5. The molecule has 0 saturated carbocycles. The van der Waals surface area contributed by atoms with Gasteiger partial charge < -0.3 is 10.1 Å². The van der Waals surface area contributed by atoms with Gasteiger partial charge in [-0.2, -0.15) is 4.31 Å². The quantitative estimate of drug-likeness (QED) is 0.530. The van der Waals surface area contributed by atoms with E-state index in [1.807, 2.05) is 44.2 Å². The minimum atomic E-state index is -3.66. The van der Waals surface area contributed by atoms with E-state index in [-0.39, 0.29) is 16.9 Å². The van der Waals surface area contributed by atoms with E-state index in [4.69, 9.17) is 4.74 Å². The summed E-state index contributed by atoms with van der Waals surface area (Å²) < 4.78 is 34.0. The lowest BCUT2D eigenvalue weighted by Crippen LogP contribution is -2.30. The van der Waals surface area contributed by atoms with Crippen LogP contribution in [-0.2, 0) is 10.0 Å². The standard InChI is InChI=1S/C22H26N2O4S2/c1-5-24(6-2)30(26,27)17-11-12-19(28-15(3)4)18(14-17)23-22(25)21-13-16-9-7-8-10-20(16)29-21/h7-15H,5-6H2,1-4H3,(H,23,25). The summed E-state index contributed by atoms with van der Waals surface area (Å²) >= 11 is 1.39. The Morgan fingerprint density at radius 3 is 2.43 bits per heavy atom. The molecular weight excluding hydrogens is 420 g/mol. The Hall–Kier alpha value is -2.42. The fourth-order valence-electron chi connectivity index (χ4n) is 3.11. The number of anilines is 1. The number of hydrogen-bond donors (Lipinski definition) is 1. The number of fused-ring (bicyclic) bond motifs is 1. The average molecular weight is 447 g/mol. The Kier molecular flexibility index (Phi) is 6.80.